The number of carbonyl (C=O) groups excluding carboxylic acids is 3. The van der Waals surface area contributed by atoms with Crippen LogP contribution in [0.5, 0.6) is 0 Å². The van der Waals surface area contributed by atoms with Gasteiger partial charge in [0.2, 0.25) is 11.8 Å². The summed E-state index contributed by atoms with van der Waals surface area (Å²) >= 11 is 0. The highest BCUT2D eigenvalue weighted by Gasteiger charge is 2.31. The summed E-state index contributed by atoms with van der Waals surface area (Å²) in [5.74, 6) is -2.96. The van der Waals surface area contributed by atoms with Crippen molar-refractivity contribution < 1.29 is 29.0 Å². The number of aliphatic carboxylic acids is 1. The normalized spacial score (nSPS) is 17.7. The van der Waals surface area contributed by atoms with E-state index in [1.54, 1.807) is 24.3 Å². The molecule has 0 unspecified atom stereocenters. The second-order valence-electron chi connectivity index (χ2n) is 5.41. The molecule has 128 valence electrons. The molecule has 8 nitrogen and oxygen atoms in total. The van der Waals surface area contributed by atoms with Crippen LogP contribution in [0.3, 0.4) is 0 Å². The summed E-state index contributed by atoms with van der Waals surface area (Å²) in [7, 11) is 0. The molecule has 2 amide bonds. The van der Waals surface area contributed by atoms with Gasteiger partial charge in [-0.25, -0.2) is 4.79 Å². The zero-order valence-electron chi connectivity index (χ0n) is 12.9. The van der Waals surface area contributed by atoms with E-state index in [-0.39, 0.29) is 18.9 Å². The minimum atomic E-state index is -1.40. The van der Waals surface area contributed by atoms with Gasteiger partial charge < -0.3 is 20.5 Å². The third-order valence-corrected chi connectivity index (χ3v) is 3.54. The molecule has 0 bridgehead atoms. The van der Waals surface area contributed by atoms with E-state index < -0.39 is 36.4 Å². The third kappa shape index (κ3) is 5.08. The summed E-state index contributed by atoms with van der Waals surface area (Å²) in [6.07, 6.45) is 0.0268. The van der Waals surface area contributed by atoms with E-state index in [2.05, 4.69) is 10.6 Å². The van der Waals surface area contributed by atoms with Gasteiger partial charge in [0.1, 0.15) is 18.7 Å². The van der Waals surface area contributed by atoms with Crippen molar-refractivity contribution in [1.29, 1.82) is 0 Å². The molecule has 1 aromatic carbocycles. The van der Waals surface area contributed by atoms with E-state index in [0.717, 1.165) is 5.56 Å². The number of esters is 1. The van der Waals surface area contributed by atoms with Crippen molar-refractivity contribution in [2.75, 3.05) is 0 Å². The molecular formula is C16H18N2O6. The Bertz CT molecular complexity index is 631. The van der Waals surface area contributed by atoms with Gasteiger partial charge in [-0.15, -0.1) is 0 Å². The first kappa shape index (κ1) is 17.5. The monoisotopic (exact) mass is 334 g/mol. The fourth-order valence-electron chi connectivity index (χ4n) is 2.25. The van der Waals surface area contributed by atoms with Crippen molar-refractivity contribution in [2.45, 2.75) is 38.0 Å². The molecule has 1 aliphatic heterocycles. The second kappa shape index (κ2) is 8.09. The lowest BCUT2D eigenvalue weighted by Gasteiger charge is -2.17. The molecule has 0 spiro atoms. The van der Waals surface area contributed by atoms with Crippen LogP contribution in [0, 0.1) is 0 Å². The highest BCUT2D eigenvalue weighted by Crippen LogP contribution is 2.08. The lowest BCUT2D eigenvalue weighted by molar-refractivity contribution is -0.151. The molecule has 0 saturated carbocycles. The summed E-state index contributed by atoms with van der Waals surface area (Å²) in [5, 5.41) is 13.8. The number of amides is 2. The fourth-order valence-corrected chi connectivity index (χ4v) is 2.25. The number of rotatable bonds is 7. The number of hydrogen-bond donors (Lipinski definition) is 3. The number of carboxylic acid groups (broad SMARTS) is 1. The van der Waals surface area contributed by atoms with E-state index in [1.807, 2.05) is 6.07 Å². The molecule has 1 aliphatic rings. The van der Waals surface area contributed by atoms with Crippen LogP contribution in [-0.4, -0.2) is 40.9 Å². The smallest absolute Gasteiger partial charge is 0.326 e. The van der Waals surface area contributed by atoms with Crippen molar-refractivity contribution >= 4 is 23.8 Å². The Morgan fingerprint density at radius 3 is 2.58 bits per heavy atom. The zero-order chi connectivity index (χ0) is 17.5. The number of nitrogens with one attached hydrogen (secondary N) is 2. The number of carboxylic acids is 1. The van der Waals surface area contributed by atoms with Crippen molar-refractivity contribution in [1.82, 2.24) is 10.6 Å². The third-order valence-electron chi connectivity index (χ3n) is 3.54. The van der Waals surface area contributed by atoms with Crippen molar-refractivity contribution in [3.8, 4) is 0 Å². The van der Waals surface area contributed by atoms with E-state index >= 15 is 0 Å². The Balaban J connectivity index is 1.83. The fraction of sp³-hybridized carbons (Fsp3) is 0.375. The topological polar surface area (TPSA) is 122 Å². The van der Waals surface area contributed by atoms with Crippen LogP contribution in [0.4, 0.5) is 0 Å². The van der Waals surface area contributed by atoms with Gasteiger partial charge >= 0.3 is 11.9 Å². The minimum Gasteiger partial charge on any atom is -0.480 e. The van der Waals surface area contributed by atoms with Gasteiger partial charge in [-0.2, -0.15) is 0 Å². The van der Waals surface area contributed by atoms with Gasteiger partial charge in [0, 0.05) is 6.42 Å². The molecule has 3 N–H and O–H groups in total. The quantitative estimate of drug-likeness (QED) is 0.602. The standard InChI is InChI=1S/C16H18N2O6/c19-13-7-6-11(17-13)15(21)18-12(16(22)23)8-14(20)24-9-10-4-2-1-3-5-10/h1-5,11-12H,6-9H2,(H,17,19)(H,18,21)(H,22,23)/t11-,12-/m1/s1. The average Bonchev–Trinajstić information content (AvgIpc) is 3.00. The number of benzene rings is 1. The Hall–Kier alpha value is -2.90. The van der Waals surface area contributed by atoms with Crippen LogP contribution < -0.4 is 10.6 Å². The predicted octanol–water partition coefficient (Wildman–Crippen LogP) is -0.0321. The van der Waals surface area contributed by atoms with E-state index in [0.29, 0.717) is 6.42 Å². The summed E-state index contributed by atoms with van der Waals surface area (Å²) in [6, 6.07) is 6.78. The maximum Gasteiger partial charge on any atom is 0.326 e. The maximum absolute atomic E-state index is 11.9. The number of hydrogen-bond acceptors (Lipinski definition) is 5. The van der Waals surface area contributed by atoms with Gasteiger partial charge in [0.25, 0.3) is 0 Å². The van der Waals surface area contributed by atoms with Crippen LogP contribution in [0.25, 0.3) is 0 Å². The van der Waals surface area contributed by atoms with Crippen molar-refractivity contribution in [3.63, 3.8) is 0 Å². The zero-order valence-corrected chi connectivity index (χ0v) is 12.9. The molecule has 8 heteroatoms. The molecule has 1 saturated heterocycles. The molecule has 1 fully saturated rings. The summed E-state index contributed by atoms with van der Waals surface area (Å²) in [4.78, 5) is 46.0. The Labute approximate surface area is 138 Å². The number of ether oxygens (including phenoxy) is 1. The van der Waals surface area contributed by atoms with Crippen LogP contribution >= 0.6 is 0 Å². The maximum atomic E-state index is 11.9. The Kier molecular flexibility index (Phi) is 5.89. The van der Waals surface area contributed by atoms with Gasteiger partial charge in [-0.1, -0.05) is 30.3 Å². The van der Waals surface area contributed by atoms with Crippen molar-refractivity contribution in [2.24, 2.45) is 0 Å². The average molecular weight is 334 g/mol. The molecule has 0 aliphatic carbocycles. The predicted molar refractivity (Wildman–Crippen MR) is 81.6 cm³/mol. The van der Waals surface area contributed by atoms with E-state index in [9.17, 15) is 19.2 Å². The molecular weight excluding hydrogens is 316 g/mol. The van der Waals surface area contributed by atoms with Gasteiger partial charge in [-0.05, 0) is 12.0 Å². The largest absolute Gasteiger partial charge is 0.480 e. The van der Waals surface area contributed by atoms with E-state index in [1.165, 1.54) is 0 Å². The lowest BCUT2D eigenvalue weighted by Crippen LogP contribution is -2.49. The molecule has 0 radical (unpaired) electrons. The second-order valence-corrected chi connectivity index (χ2v) is 5.41. The van der Waals surface area contributed by atoms with Crippen LogP contribution in [0.1, 0.15) is 24.8 Å². The first-order valence-electron chi connectivity index (χ1n) is 7.48. The summed E-state index contributed by atoms with van der Waals surface area (Å²) < 4.78 is 5.01. The molecule has 2 rings (SSSR count). The minimum absolute atomic E-state index is 0.0264. The van der Waals surface area contributed by atoms with Crippen LogP contribution in [-0.2, 0) is 30.5 Å². The SMILES string of the molecule is O=C1CC[C@H](C(=O)N[C@H](CC(=O)OCc2ccccc2)C(=O)O)N1. The molecule has 2 atom stereocenters. The first-order chi connectivity index (χ1) is 11.5. The number of carbonyl (C=O) groups is 4. The lowest BCUT2D eigenvalue weighted by atomic mass is 10.1. The van der Waals surface area contributed by atoms with Gasteiger partial charge in [0.15, 0.2) is 0 Å². The Morgan fingerprint density at radius 1 is 1.29 bits per heavy atom. The Morgan fingerprint density at radius 2 is 2.00 bits per heavy atom. The van der Waals surface area contributed by atoms with Gasteiger partial charge in [0.05, 0.1) is 6.42 Å². The van der Waals surface area contributed by atoms with E-state index in [4.69, 9.17) is 9.84 Å². The first-order valence-corrected chi connectivity index (χ1v) is 7.48. The van der Waals surface area contributed by atoms with Gasteiger partial charge in [-0.3, -0.25) is 14.4 Å². The summed E-state index contributed by atoms with van der Waals surface area (Å²) in [5.41, 5.74) is 0.774. The van der Waals surface area contributed by atoms with Crippen LogP contribution in [0.2, 0.25) is 0 Å². The highest BCUT2D eigenvalue weighted by atomic mass is 16.5. The molecule has 24 heavy (non-hydrogen) atoms. The molecule has 1 aromatic rings. The highest BCUT2D eigenvalue weighted by molar-refractivity contribution is 5.93. The van der Waals surface area contributed by atoms with Crippen LogP contribution in [0.15, 0.2) is 30.3 Å². The molecule has 1 heterocycles. The van der Waals surface area contributed by atoms with Crippen molar-refractivity contribution in [3.05, 3.63) is 35.9 Å². The summed E-state index contributed by atoms with van der Waals surface area (Å²) in [6.45, 7) is 0.0264. The molecule has 0 aromatic heterocycles.